The lowest BCUT2D eigenvalue weighted by atomic mass is 9.77. The fourth-order valence-corrected chi connectivity index (χ4v) is 7.04. The standard InChI is InChI=1S/C43H32N3O2S/c47-31-39(46-48-43(36-25-13-4-14-26-36,37-27-15-5-16-28-37)38-29-17-6-18-30-38)40-32-49-41(44-40)45-42(33-19-7-1-8-20-33,34-21-9-2-10-22-34)35-23-11-3-12-24-35/h1-30,32H,(H,44,45)/b46-39+. The van der Waals surface area contributed by atoms with Gasteiger partial charge in [-0.1, -0.05) is 187 Å². The summed E-state index contributed by atoms with van der Waals surface area (Å²) in [5, 5.41) is 10.7. The predicted octanol–water partition coefficient (Wildman–Crippen LogP) is 9.37. The Morgan fingerprint density at radius 2 is 0.898 bits per heavy atom. The van der Waals surface area contributed by atoms with Crippen LogP contribution in [0.5, 0.6) is 0 Å². The molecule has 6 aromatic carbocycles. The second-order valence-electron chi connectivity index (χ2n) is 11.4. The highest BCUT2D eigenvalue weighted by Gasteiger charge is 2.40. The normalized spacial score (nSPS) is 11.9. The zero-order valence-corrected chi connectivity index (χ0v) is 27.3. The minimum absolute atomic E-state index is 0.0406. The molecule has 0 aliphatic heterocycles. The van der Waals surface area contributed by atoms with Crippen LogP contribution in [0.25, 0.3) is 0 Å². The van der Waals surface area contributed by atoms with E-state index in [0.29, 0.717) is 10.8 Å². The first kappa shape index (κ1) is 31.5. The van der Waals surface area contributed by atoms with Crippen molar-refractivity contribution in [2.24, 2.45) is 5.16 Å². The van der Waals surface area contributed by atoms with Gasteiger partial charge in [-0.25, -0.2) is 4.98 Å². The maximum Gasteiger partial charge on any atom is 0.259 e. The highest BCUT2D eigenvalue weighted by molar-refractivity contribution is 7.14. The van der Waals surface area contributed by atoms with Crippen LogP contribution >= 0.6 is 11.3 Å². The van der Waals surface area contributed by atoms with Gasteiger partial charge in [-0.15, -0.1) is 11.3 Å². The Morgan fingerprint density at radius 3 is 1.24 bits per heavy atom. The van der Waals surface area contributed by atoms with Crippen LogP contribution in [0.1, 0.15) is 39.1 Å². The van der Waals surface area contributed by atoms with Crippen molar-refractivity contribution in [1.29, 1.82) is 0 Å². The van der Waals surface area contributed by atoms with Crippen molar-refractivity contribution < 1.29 is 9.63 Å². The number of rotatable bonds is 12. The van der Waals surface area contributed by atoms with Gasteiger partial charge in [0.05, 0.1) is 0 Å². The third kappa shape index (κ3) is 6.18. The highest BCUT2D eigenvalue weighted by Crippen LogP contribution is 2.42. The van der Waals surface area contributed by atoms with Gasteiger partial charge >= 0.3 is 0 Å². The second kappa shape index (κ2) is 14.3. The zero-order valence-electron chi connectivity index (χ0n) is 26.5. The first-order valence-electron chi connectivity index (χ1n) is 16.0. The van der Waals surface area contributed by atoms with E-state index in [2.05, 4.69) is 46.9 Å². The average Bonchev–Trinajstić information content (AvgIpc) is 3.66. The quantitative estimate of drug-likeness (QED) is 0.0810. The largest absolute Gasteiger partial charge is 0.374 e. The Kier molecular flexibility index (Phi) is 9.21. The van der Waals surface area contributed by atoms with Gasteiger partial charge in [-0.2, -0.15) is 0 Å². The smallest absolute Gasteiger partial charge is 0.259 e. The van der Waals surface area contributed by atoms with E-state index in [1.807, 2.05) is 152 Å². The molecule has 0 amide bonds. The van der Waals surface area contributed by atoms with Crippen molar-refractivity contribution in [2.45, 2.75) is 11.1 Å². The maximum absolute atomic E-state index is 12.6. The molecule has 0 aliphatic carbocycles. The molecule has 1 aromatic heterocycles. The summed E-state index contributed by atoms with van der Waals surface area (Å²) in [6, 6.07) is 60.6. The Morgan fingerprint density at radius 1 is 0.551 bits per heavy atom. The van der Waals surface area contributed by atoms with E-state index in [1.54, 1.807) is 5.38 Å². The first-order valence-corrected chi connectivity index (χ1v) is 16.8. The van der Waals surface area contributed by atoms with Crippen molar-refractivity contribution in [2.75, 3.05) is 5.32 Å². The summed E-state index contributed by atoms with van der Waals surface area (Å²) in [6.45, 7) is 0. The molecule has 0 unspecified atom stereocenters. The lowest BCUT2D eigenvalue weighted by Gasteiger charge is -2.36. The van der Waals surface area contributed by atoms with Crippen LogP contribution in [0, 0.1) is 0 Å². The number of nitrogens with zero attached hydrogens (tertiary/aromatic N) is 2. The molecule has 237 valence electrons. The van der Waals surface area contributed by atoms with Crippen LogP contribution in [0.4, 0.5) is 5.13 Å². The molecular weight excluding hydrogens is 623 g/mol. The summed E-state index contributed by atoms with van der Waals surface area (Å²) in [4.78, 5) is 24.1. The number of oxime groups is 1. The third-order valence-corrected chi connectivity index (χ3v) is 9.33. The van der Waals surface area contributed by atoms with E-state index in [0.717, 1.165) is 33.4 Å². The molecule has 0 saturated heterocycles. The summed E-state index contributed by atoms with van der Waals surface area (Å²) in [5.41, 5.74) is 4.10. The van der Waals surface area contributed by atoms with Gasteiger partial charge in [0.25, 0.3) is 6.29 Å². The number of aromatic nitrogens is 1. The molecular formula is C43H32N3O2S. The van der Waals surface area contributed by atoms with E-state index >= 15 is 0 Å². The predicted molar refractivity (Wildman–Crippen MR) is 197 cm³/mol. The number of hydrogen-bond acceptors (Lipinski definition) is 6. The molecule has 0 spiro atoms. The molecule has 0 fully saturated rings. The van der Waals surface area contributed by atoms with Gasteiger partial charge in [0.15, 0.2) is 10.8 Å². The Hall–Kier alpha value is -6.11. The molecule has 1 radical (unpaired) electrons. The third-order valence-electron chi connectivity index (χ3n) is 8.57. The molecule has 5 nitrogen and oxygen atoms in total. The maximum atomic E-state index is 12.6. The molecule has 7 aromatic rings. The van der Waals surface area contributed by atoms with Crippen LogP contribution in [-0.4, -0.2) is 17.0 Å². The monoisotopic (exact) mass is 654 g/mol. The summed E-state index contributed by atoms with van der Waals surface area (Å²) >= 11 is 1.39. The van der Waals surface area contributed by atoms with Gasteiger partial charge in [0.1, 0.15) is 11.2 Å². The lowest BCUT2D eigenvalue weighted by molar-refractivity contribution is 0.0177. The number of thiazole rings is 1. The summed E-state index contributed by atoms with van der Waals surface area (Å²) in [6.07, 6.45) is 2.01. The van der Waals surface area contributed by atoms with E-state index in [1.165, 1.54) is 11.3 Å². The van der Waals surface area contributed by atoms with Crippen molar-refractivity contribution >= 4 is 28.5 Å². The van der Waals surface area contributed by atoms with Gasteiger partial charge in [-0.3, -0.25) is 4.79 Å². The van der Waals surface area contributed by atoms with Crippen molar-refractivity contribution in [3.63, 3.8) is 0 Å². The van der Waals surface area contributed by atoms with Gasteiger partial charge in [-0.05, 0) is 16.7 Å². The summed E-state index contributed by atoms with van der Waals surface area (Å²) in [7, 11) is 0. The molecule has 0 atom stereocenters. The molecule has 0 aliphatic rings. The number of hydrogen-bond donors (Lipinski definition) is 1. The number of nitrogens with one attached hydrogen (secondary N) is 1. The van der Waals surface area contributed by atoms with Crippen LogP contribution in [-0.2, 0) is 20.8 Å². The fourth-order valence-electron chi connectivity index (χ4n) is 6.29. The van der Waals surface area contributed by atoms with Crippen molar-refractivity contribution in [3.05, 3.63) is 226 Å². The van der Waals surface area contributed by atoms with E-state index in [-0.39, 0.29) is 5.71 Å². The second-order valence-corrected chi connectivity index (χ2v) is 12.3. The van der Waals surface area contributed by atoms with E-state index in [9.17, 15) is 4.79 Å². The Balaban J connectivity index is 1.32. The minimum Gasteiger partial charge on any atom is -0.374 e. The molecule has 1 N–H and O–H groups in total. The SMILES string of the molecule is O=[C]/C(=N\OC(c1ccccc1)(c1ccccc1)c1ccccc1)c1csc(NC(c2ccccc2)(c2ccccc2)c2ccccc2)n1. The fraction of sp³-hybridized carbons (Fsp3) is 0.0465. The number of anilines is 1. The van der Waals surface area contributed by atoms with Crippen LogP contribution < -0.4 is 5.32 Å². The number of carbonyl (C=O) groups excluding carboxylic acids is 1. The van der Waals surface area contributed by atoms with Gasteiger partial charge < -0.3 is 10.2 Å². The lowest BCUT2D eigenvalue weighted by Crippen LogP contribution is -2.38. The first-order chi connectivity index (χ1) is 24.2. The number of benzene rings is 6. The van der Waals surface area contributed by atoms with Crippen LogP contribution in [0.15, 0.2) is 193 Å². The van der Waals surface area contributed by atoms with Gasteiger partial charge in [0.2, 0.25) is 5.60 Å². The molecule has 7 rings (SSSR count). The molecule has 0 bridgehead atoms. The molecule has 0 saturated carbocycles. The molecule has 49 heavy (non-hydrogen) atoms. The zero-order chi connectivity index (χ0) is 33.4. The summed E-state index contributed by atoms with van der Waals surface area (Å²) in [5.74, 6) is 0. The van der Waals surface area contributed by atoms with Crippen LogP contribution in [0.2, 0.25) is 0 Å². The highest BCUT2D eigenvalue weighted by atomic mass is 32.1. The Labute approximate surface area is 290 Å². The van der Waals surface area contributed by atoms with E-state index in [4.69, 9.17) is 9.82 Å². The van der Waals surface area contributed by atoms with Crippen LogP contribution in [0.3, 0.4) is 0 Å². The summed E-state index contributed by atoms with van der Waals surface area (Å²) < 4.78 is 0. The van der Waals surface area contributed by atoms with Crippen molar-refractivity contribution in [3.8, 4) is 0 Å². The average molecular weight is 655 g/mol. The van der Waals surface area contributed by atoms with Crippen molar-refractivity contribution in [1.82, 2.24) is 4.98 Å². The Bertz CT molecular complexity index is 1930. The van der Waals surface area contributed by atoms with Gasteiger partial charge in [0, 0.05) is 22.1 Å². The topological polar surface area (TPSA) is 63.6 Å². The van der Waals surface area contributed by atoms with E-state index < -0.39 is 11.1 Å². The molecule has 1 heterocycles. The molecule has 6 heteroatoms. The minimum atomic E-state index is -1.15.